The Labute approximate surface area is 152 Å². The van der Waals surface area contributed by atoms with Crippen LogP contribution in [0.1, 0.15) is 13.8 Å². The van der Waals surface area contributed by atoms with Crippen LogP contribution in [0, 0.1) is 0 Å². The average Bonchev–Trinajstić information content (AvgIpc) is 2.62. The summed E-state index contributed by atoms with van der Waals surface area (Å²) in [5.41, 5.74) is 0. The molecule has 0 saturated carbocycles. The number of aromatic nitrogens is 1. The third-order valence-corrected chi connectivity index (χ3v) is 5.33. The van der Waals surface area contributed by atoms with E-state index in [0.29, 0.717) is 6.04 Å². The second kappa shape index (κ2) is 7.80. The van der Waals surface area contributed by atoms with Gasteiger partial charge in [0, 0.05) is 62.5 Å². The van der Waals surface area contributed by atoms with Crippen LogP contribution in [0.5, 0.6) is 0 Å². The third-order valence-electron chi connectivity index (χ3n) is 4.86. The minimum absolute atomic E-state index is 0.0708. The maximum Gasteiger partial charge on any atom is 0.241 e. The van der Waals surface area contributed by atoms with E-state index in [1.165, 1.54) is 0 Å². The molecule has 3 heterocycles. The van der Waals surface area contributed by atoms with Crippen LogP contribution in [0.4, 0.5) is 5.82 Å². The van der Waals surface area contributed by atoms with Crippen LogP contribution in [0.3, 0.4) is 0 Å². The Balaban J connectivity index is 1.54. The van der Waals surface area contributed by atoms with E-state index in [4.69, 9.17) is 0 Å². The normalized spacial score (nSPS) is 22.9. The molecule has 2 saturated heterocycles. The van der Waals surface area contributed by atoms with Crippen molar-refractivity contribution in [3.63, 3.8) is 0 Å². The maximum absolute atomic E-state index is 12.8. The van der Waals surface area contributed by atoms with Crippen molar-refractivity contribution in [2.45, 2.75) is 25.9 Å². The highest BCUT2D eigenvalue weighted by atomic mass is 79.9. The van der Waals surface area contributed by atoms with E-state index in [-0.39, 0.29) is 11.9 Å². The summed E-state index contributed by atoms with van der Waals surface area (Å²) in [6.07, 6.45) is 1.82. The Hall–Kier alpha value is -1.18. The van der Waals surface area contributed by atoms with Crippen molar-refractivity contribution in [1.82, 2.24) is 20.1 Å². The smallest absolute Gasteiger partial charge is 0.241 e. The van der Waals surface area contributed by atoms with Crippen molar-refractivity contribution in [3.05, 3.63) is 22.8 Å². The average molecular weight is 396 g/mol. The predicted octanol–water partition coefficient (Wildman–Crippen LogP) is 1.17. The van der Waals surface area contributed by atoms with E-state index < -0.39 is 0 Å². The zero-order valence-corrected chi connectivity index (χ0v) is 16.0. The summed E-state index contributed by atoms with van der Waals surface area (Å²) in [4.78, 5) is 23.9. The van der Waals surface area contributed by atoms with E-state index >= 15 is 0 Å². The van der Waals surface area contributed by atoms with Crippen molar-refractivity contribution in [1.29, 1.82) is 0 Å². The summed E-state index contributed by atoms with van der Waals surface area (Å²) in [7, 11) is 0. The molecule has 3 rings (SSSR count). The van der Waals surface area contributed by atoms with Gasteiger partial charge in [0.05, 0.1) is 6.04 Å². The Bertz CT molecular complexity index is 557. The number of piperazine rings is 2. The molecule has 2 aliphatic heterocycles. The van der Waals surface area contributed by atoms with E-state index in [1.807, 2.05) is 23.2 Å². The van der Waals surface area contributed by atoms with Gasteiger partial charge in [-0.15, -0.1) is 0 Å². The molecule has 7 heteroatoms. The quantitative estimate of drug-likeness (QED) is 0.832. The van der Waals surface area contributed by atoms with Crippen molar-refractivity contribution in [2.75, 3.05) is 50.7 Å². The monoisotopic (exact) mass is 395 g/mol. The van der Waals surface area contributed by atoms with Crippen LogP contribution < -0.4 is 10.2 Å². The van der Waals surface area contributed by atoms with Gasteiger partial charge in [0.1, 0.15) is 5.82 Å². The van der Waals surface area contributed by atoms with Crippen LogP contribution in [0.2, 0.25) is 0 Å². The van der Waals surface area contributed by atoms with Gasteiger partial charge in [-0.3, -0.25) is 9.69 Å². The fourth-order valence-electron chi connectivity index (χ4n) is 3.34. The highest BCUT2D eigenvalue weighted by Crippen LogP contribution is 2.17. The van der Waals surface area contributed by atoms with Gasteiger partial charge in [0.2, 0.25) is 5.91 Å². The van der Waals surface area contributed by atoms with Crippen LogP contribution in [0.25, 0.3) is 0 Å². The second-order valence-electron chi connectivity index (χ2n) is 6.74. The molecule has 24 heavy (non-hydrogen) atoms. The number of carbonyl (C=O) groups is 1. The van der Waals surface area contributed by atoms with Crippen molar-refractivity contribution >= 4 is 27.7 Å². The SMILES string of the molecule is CC(C)N1CCN[C@@H](C(=O)N2CCN(c3ccc(Br)cn3)CC2)C1. The summed E-state index contributed by atoms with van der Waals surface area (Å²) in [6.45, 7) is 10.3. The molecule has 2 fully saturated rings. The molecule has 0 unspecified atom stereocenters. The fourth-order valence-corrected chi connectivity index (χ4v) is 3.57. The number of halogens is 1. The standard InChI is InChI=1S/C17H26BrN5O/c1-13(2)23-6-5-19-15(12-23)17(24)22-9-7-21(8-10-22)16-4-3-14(18)11-20-16/h3-4,11,13,15,19H,5-10,12H2,1-2H3/t15-/m1/s1. The third kappa shape index (κ3) is 4.07. The minimum Gasteiger partial charge on any atom is -0.353 e. The molecule has 1 aromatic rings. The first kappa shape index (κ1) is 17.6. The predicted molar refractivity (Wildman–Crippen MR) is 99.2 cm³/mol. The molecule has 1 aromatic heterocycles. The number of hydrogen-bond acceptors (Lipinski definition) is 5. The van der Waals surface area contributed by atoms with Crippen molar-refractivity contribution in [2.24, 2.45) is 0 Å². The molecular formula is C17H26BrN5O. The molecule has 2 aliphatic rings. The van der Waals surface area contributed by atoms with Crippen molar-refractivity contribution < 1.29 is 4.79 Å². The van der Waals surface area contributed by atoms with Gasteiger partial charge in [0.15, 0.2) is 0 Å². The lowest BCUT2D eigenvalue weighted by molar-refractivity contribution is -0.135. The number of rotatable bonds is 3. The number of amides is 1. The lowest BCUT2D eigenvalue weighted by Crippen LogP contribution is -2.61. The molecular weight excluding hydrogens is 370 g/mol. The molecule has 0 bridgehead atoms. The first-order chi connectivity index (χ1) is 11.5. The molecule has 0 spiro atoms. The van der Waals surface area contributed by atoms with E-state index in [9.17, 15) is 4.79 Å². The lowest BCUT2D eigenvalue weighted by atomic mass is 10.1. The summed E-state index contributed by atoms with van der Waals surface area (Å²) in [5, 5.41) is 3.39. The molecule has 0 radical (unpaired) electrons. The minimum atomic E-state index is -0.0708. The molecule has 1 atom stereocenters. The highest BCUT2D eigenvalue weighted by molar-refractivity contribution is 9.10. The number of carbonyl (C=O) groups excluding carboxylic acids is 1. The van der Waals surface area contributed by atoms with Crippen LogP contribution in [0.15, 0.2) is 22.8 Å². The van der Waals surface area contributed by atoms with E-state index in [0.717, 1.165) is 56.1 Å². The topological polar surface area (TPSA) is 51.7 Å². The number of nitrogens with zero attached hydrogens (tertiary/aromatic N) is 4. The van der Waals surface area contributed by atoms with E-state index in [2.05, 4.69) is 49.9 Å². The maximum atomic E-state index is 12.8. The number of anilines is 1. The van der Waals surface area contributed by atoms with Gasteiger partial charge in [0.25, 0.3) is 0 Å². The summed E-state index contributed by atoms with van der Waals surface area (Å²) in [5.74, 6) is 1.22. The van der Waals surface area contributed by atoms with Gasteiger partial charge in [-0.25, -0.2) is 4.98 Å². The molecule has 1 amide bonds. The number of pyridine rings is 1. The highest BCUT2D eigenvalue weighted by Gasteiger charge is 2.31. The lowest BCUT2D eigenvalue weighted by Gasteiger charge is -2.40. The zero-order chi connectivity index (χ0) is 17.1. The molecule has 6 nitrogen and oxygen atoms in total. The molecule has 132 valence electrons. The van der Waals surface area contributed by atoms with Gasteiger partial charge in [-0.1, -0.05) is 0 Å². The van der Waals surface area contributed by atoms with Gasteiger partial charge >= 0.3 is 0 Å². The molecule has 1 N–H and O–H groups in total. The van der Waals surface area contributed by atoms with Gasteiger partial charge in [-0.05, 0) is 41.9 Å². The Morgan fingerprint density at radius 3 is 2.62 bits per heavy atom. The van der Waals surface area contributed by atoms with Gasteiger partial charge in [-0.2, -0.15) is 0 Å². The first-order valence-corrected chi connectivity index (χ1v) is 9.46. The first-order valence-electron chi connectivity index (χ1n) is 8.67. The Morgan fingerprint density at radius 2 is 2.00 bits per heavy atom. The number of hydrogen-bond donors (Lipinski definition) is 1. The van der Waals surface area contributed by atoms with Crippen LogP contribution in [-0.2, 0) is 4.79 Å². The molecule has 0 aliphatic carbocycles. The largest absolute Gasteiger partial charge is 0.353 e. The Morgan fingerprint density at radius 1 is 1.25 bits per heavy atom. The van der Waals surface area contributed by atoms with E-state index in [1.54, 1.807) is 0 Å². The zero-order valence-electron chi connectivity index (χ0n) is 14.4. The van der Waals surface area contributed by atoms with Crippen molar-refractivity contribution in [3.8, 4) is 0 Å². The molecule has 0 aromatic carbocycles. The second-order valence-corrected chi connectivity index (χ2v) is 7.66. The number of nitrogens with one attached hydrogen (secondary N) is 1. The van der Waals surface area contributed by atoms with Gasteiger partial charge < -0.3 is 15.1 Å². The fraction of sp³-hybridized carbons (Fsp3) is 0.647. The summed E-state index contributed by atoms with van der Waals surface area (Å²) >= 11 is 3.41. The summed E-state index contributed by atoms with van der Waals surface area (Å²) in [6, 6.07) is 4.44. The van der Waals surface area contributed by atoms with Crippen LogP contribution >= 0.6 is 15.9 Å². The summed E-state index contributed by atoms with van der Waals surface area (Å²) < 4.78 is 0.984. The Kier molecular flexibility index (Phi) is 5.73. The van der Waals surface area contributed by atoms with Crippen LogP contribution in [-0.4, -0.2) is 78.6 Å².